The molecular weight excluding hydrogens is 305 g/mol. The predicted octanol–water partition coefficient (Wildman–Crippen LogP) is 2.20. The molecule has 1 N–H and O–H groups in total. The minimum atomic E-state index is 0.0568. The molecule has 0 heterocycles. The lowest BCUT2D eigenvalue weighted by Crippen LogP contribution is -2.18. The molecule has 0 spiro atoms. The second-order valence-electron chi connectivity index (χ2n) is 3.06. The van der Waals surface area contributed by atoms with Gasteiger partial charge in [0.15, 0.2) is 0 Å². The van der Waals surface area contributed by atoms with Gasteiger partial charge in [-0.25, -0.2) is 0 Å². The van der Waals surface area contributed by atoms with Crippen LogP contribution in [0, 0.1) is 3.57 Å². The molecule has 0 bridgehead atoms. The molecule has 4 heteroatoms. The van der Waals surface area contributed by atoms with Gasteiger partial charge in [0.1, 0.15) is 5.75 Å². The van der Waals surface area contributed by atoms with Crippen LogP contribution in [0.1, 0.15) is 12.8 Å². The summed E-state index contributed by atoms with van der Waals surface area (Å²) in [5, 5.41) is 2.58. The van der Waals surface area contributed by atoms with Crippen LogP contribution in [0.2, 0.25) is 0 Å². The van der Waals surface area contributed by atoms with Crippen LogP contribution in [0.3, 0.4) is 0 Å². The largest absolute Gasteiger partial charge is 0.492 e. The first-order chi connectivity index (χ1) is 7.24. The molecule has 0 aliphatic carbocycles. The molecule has 15 heavy (non-hydrogen) atoms. The number of hydrogen-bond acceptors (Lipinski definition) is 2. The standard InChI is InChI=1S/C11H14INO2/c1-13-11(14)7-4-8-15-10-6-3-2-5-9(10)12/h2-3,5-6H,4,7-8H2,1H3,(H,13,14). The number of rotatable bonds is 5. The molecule has 1 aromatic rings. The van der Waals surface area contributed by atoms with Gasteiger partial charge in [-0.2, -0.15) is 0 Å². The molecule has 0 saturated heterocycles. The molecule has 1 amide bonds. The van der Waals surface area contributed by atoms with Gasteiger partial charge in [-0.3, -0.25) is 4.79 Å². The Morgan fingerprint density at radius 3 is 2.87 bits per heavy atom. The van der Waals surface area contributed by atoms with Crippen molar-refractivity contribution < 1.29 is 9.53 Å². The van der Waals surface area contributed by atoms with Crippen molar-refractivity contribution in [3.05, 3.63) is 27.8 Å². The first-order valence-electron chi connectivity index (χ1n) is 4.82. The lowest BCUT2D eigenvalue weighted by atomic mass is 10.3. The monoisotopic (exact) mass is 319 g/mol. The van der Waals surface area contributed by atoms with Gasteiger partial charge in [0.25, 0.3) is 0 Å². The number of nitrogens with one attached hydrogen (secondary N) is 1. The summed E-state index contributed by atoms with van der Waals surface area (Å²) < 4.78 is 6.64. The van der Waals surface area contributed by atoms with E-state index < -0.39 is 0 Å². The van der Waals surface area contributed by atoms with E-state index in [1.165, 1.54) is 0 Å². The summed E-state index contributed by atoms with van der Waals surface area (Å²) in [6, 6.07) is 7.84. The van der Waals surface area contributed by atoms with Crippen LogP contribution in [0.25, 0.3) is 0 Å². The van der Waals surface area contributed by atoms with Crippen LogP contribution in [-0.4, -0.2) is 19.6 Å². The molecule has 0 saturated carbocycles. The number of hydrogen-bond donors (Lipinski definition) is 1. The number of amides is 1. The number of carbonyl (C=O) groups excluding carboxylic acids is 1. The van der Waals surface area contributed by atoms with Gasteiger partial charge in [0.05, 0.1) is 10.2 Å². The Labute approximate surface area is 103 Å². The van der Waals surface area contributed by atoms with E-state index >= 15 is 0 Å². The van der Waals surface area contributed by atoms with E-state index in [0.29, 0.717) is 13.0 Å². The van der Waals surface area contributed by atoms with E-state index in [0.717, 1.165) is 15.7 Å². The first-order valence-corrected chi connectivity index (χ1v) is 5.90. The van der Waals surface area contributed by atoms with Crippen molar-refractivity contribution in [1.82, 2.24) is 5.32 Å². The van der Waals surface area contributed by atoms with Gasteiger partial charge >= 0.3 is 0 Å². The summed E-state index contributed by atoms with van der Waals surface area (Å²) in [5.74, 6) is 0.941. The maximum Gasteiger partial charge on any atom is 0.219 e. The van der Waals surface area contributed by atoms with E-state index in [1.54, 1.807) is 7.05 Å². The smallest absolute Gasteiger partial charge is 0.219 e. The first kappa shape index (κ1) is 12.3. The molecule has 0 aliphatic rings. The number of benzene rings is 1. The Bertz CT molecular complexity index is 328. The van der Waals surface area contributed by atoms with Crippen LogP contribution in [0.5, 0.6) is 5.75 Å². The van der Waals surface area contributed by atoms with Crippen LogP contribution >= 0.6 is 22.6 Å². The van der Waals surface area contributed by atoms with Crippen molar-refractivity contribution in [1.29, 1.82) is 0 Å². The van der Waals surface area contributed by atoms with Gasteiger partial charge in [-0.15, -0.1) is 0 Å². The summed E-state index contributed by atoms with van der Waals surface area (Å²) >= 11 is 2.23. The van der Waals surface area contributed by atoms with Crippen molar-refractivity contribution >= 4 is 28.5 Å². The second-order valence-corrected chi connectivity index (χ2v) is 4.22. The molecule has 0 aromatic heterocycles. The zero-order valence-corrected chi connectivity index (χ0v) is 10.8. The van der Waals surface area contributed by atoms with Crippen molar-refractivity contribution in [2.45, 2.75) is 12.8 Å². The van der Waals surface area contributed by atoms with Gasteiger partial charge < -0.3 is 10.1 Å². The quantitative estimate of drug-likeness (QED) is 0.667. The fourth-order valence-electron chi connectivity index (χ4n) is 1.10. The number of carbonyl (C=O) groups is 1. The third kappa shape index (κ3) is 4.51. The highest BCUT2D eigenvalue weighted by atomic mass is 127. The fraction of sp³-hybridized carbons (Fsp3) is 0.364. The van der Waals surface area contributed by atoms with Crippen LogP contribution in [0.15, 0.2) is 24.3 Å². The average Bonchev–Trinajstić information content (AvgIpc) is 2.26. The second kappa shape index (κ2) is 6.66. The maximum atomic E-state index is 10.9. The molecule has 1 rings (SSSR count). The minimum absolute atomic E-state index is 0.0568. The summed E-state index contributed by atoms with van der Waals surface area (Å²) in [7, 11) is 1.64. The topological polar surface area (TPSA) is 38.3 Å². The number of para-hydroxylation sites is 1. The average molecular weight is 319 g/mol. The summed E-state index contributed by atoms with van der Waals surface area (Å²) in [6.07, 6.45) is 1.25. The van der Waals surface area contributed by atoms with E-state index in [1.807, 2.05) is 24.3 Å². The Balaban J connectivity index is 2.26. The maximum absolute atomic E-state index is 10.9. The number of halogens is 1. The van der Waals surface area contributed by atoms with Gasteiger partial charge in [0.2, 0.25) is 5.91 Å². The number of ether oxygens (including phenoxy) is 1. The normalized spacial score (nSPS) is 9.73. The van der Waals surface area contributed by atoms with E-state index in [2.05, 4.69) is 27.9 Å². The molecule has 0 radical (unpaired) electrons. The molecule has 0 unspecified atom stereocenters. The Kier molecular flexibility index (Phi) is 5.45. The van der Waals surface area contributed by atoms with Gasteiger partial charge in [0, 0.05) is 13.5 Å². The van der Waals surface area contributed by atoms with Crippen molar-refractivity contribution in [3.8, 4) is 5.75 Å². The SMILES string of the molecule is CNC(=O)CCCOc1ccccc1I. The molecule has 0 aliphatic heterocycles. The van der Waals surface area contributed by atoms with Crippen LogP contribution < -0.4 is 10.1 Å². The highest BCUT2D eigenvalue weighted by Crippen LogP contribution is 2.19. The molecule has 0 fully saturated rings. The third-order valence-corrected chi connectivity index (χ3v) is 2.81. The molecule has 0 atom stereocenters. The lowest BCUT2D eigenvalue weighted by Gasteiger charge is -2.07. The third-order valence-electron chi connectivity index (χ3n) is 1.92. The van der Waals surface area contributed by atoms with Crippen molar-refractivity contribution in [3.63, 3.8) is 0 Å². The van der Waals surface area contributed by atoms with Gasteiger partial charge in [-0.05, 0) is 41.1 Å². The Morgan fingerprint density at radius 1 is 1.47 bits per heavy atom. The van der Waals surface area contributed by atoms with E-state index in [9.17, 15) is 4.79 Å². The van der Waals surface area contributed by atoms with Crippen LogP contribution in [0.4, 0.5) is 0 Å². The van der Waals surface area contributed by atoms with Crippen LogP contribution in [-0.2, 0) is 4.79 Å². The molecule has 3 nitrogen and oxygen atoms in total. The predicted molar refractivity (Wildman–Crippen MR) is 68.0 cm³/mol. The highest BCUT2D eigenvalue weighted by Gasteiger charge is 2.00. The molecule has 82 valence electrons. The summed E-state index contributed by atoms with van der Waals surface area (Å²) in [4.78, 5) is 10.9. The van der Waals surface area contributed by atoms with E-state index in [4.69, 9.17) is 4.74 Å². The van der Waals surface area contributed by atoms with Gasteiger partial charge in [-0.1, -0.05) is 12.1 Å². The fourth-order valence-corrected chi connectivity index (χ4v) is 1.64. The van der Waals surface area contributed by atoms with E-state index in [-0.39, 0.29) is 5.91 Å². The molecular formula is C11H14INO2. The van der Waals surface area contributed by atoms with Crippen molar-refractivity contribution in [2.24, 2.45) is 0 Å². The summed E-state index contributed by atoms with van der Waals surface area (Å²) in [6.45, 7) is 0.577. The zero-order valence-electron chi connectivity index (χ0n) is 8.63. The van der Waals surface area contributed by atoms with Crippen molar-refractivity contribution in [2.75, 3.05) is 13.7 Å². The lowest BCUT2D eigenvalue weighted by molar-refractivity contribution is -0.120. The Hall–Kier alpha value is -0.780. The summed E-state index contributed by atoms with van der Waals surface area (Å²) in [5.41, 5.74) is 0. The zero-order chi connectivity index (χ0) is 11.1. The minimum Gasteiger partial charge on any atom is -0.492 e. The highest BCUT2D eigenvalue weighted by molar-refractivity contribution is 14.1. The molecule has 1 aromatic carbocycles. The Morgan fingerprint density at radius 2 is 2.20 bits per heavy atom.